The van der Waals surface area contributed by atoms with Gasteiger partial charge in [0, 0.05) is 49.7 Å². The highest BCUT2D eigenvalue weighted by Crippen LogP contribution is 2.38. The first kappa shape index (κ1) is 31.4. The molecular formula is C26H28F3N5O4. The molecule has 0 aliphatic rings. The molecule has 202 valence electrons. The van der Waals surface area contributed by atoms with Gasteiger partial charge in [-0.1, -0.05) is 24.3 Å². The molecule has 12 heteroatoms. The van der Waals surface area contributed by atoms with E-state index in [1.54, 1.807) is 17.0 Å². The van der Waals surface area contributed by atoms with Crippen LogP contribution in [0.5, 0.6) is 0 Å². The number of rotatable bonds is 11. The minimum Gasteiger partial charge on any atom is -0.368 e. The second kappa shape index (κ2) is 14.2. The monoisotopic (exact) mass is 531 g/mol. The van der Waals surface area contributed by atoms with Crippen molar-refractivity contribution in [3.63, 3.8) is 0 Å². The zero-order valence-corrected chi connectivity index (χ0v) is 21.1. The number of nitrogens with zero attached hydrogens (tertiary/aromatic N) is 5. The number of anilines is 2. The van der Waals surface area contributed by atoms with Gasteiger partial charge in [-0.25, -0.2) is 0 Å². The Hall–Kier alpha value is -4.66. The summed E-state index contributed by atoms with van der Waals surface area (Å²) in [4.78, 5) is 23.4. The van der Waals surface area contributed by atoms with Crippen molar-refractivity contribution in [3.05, 3.63) is 105 Å². The molecule has 2 aromatic carbocycles. The molecule has 0 saturated heterocycles. The Morgan fingerprint density at radius 3 is 1.89 bits per heavy atom. The summed E-state index contributed by atoms with van der Waals surface area (Å²) in [6.45, 7) is 16.8. The van der Waals surface area contributed by atoms with Crippen molar-refractivity contribution >= 4 is 22.7 Å². The number of hydrogen-bond acceptors (Lipinski definition) is 7. The lowest BCUT2D eigenvalue weighted by atomic mass is 10.1. The van der Waals surface area contributed by atoms with Gasteiger partial charge in [-0.2, -0.15) is 18.4 Å². The van der Waals surface area contributed by atoms with E-state index in [0.29, 0.717) is 19.6 Å². The molecule has 0 aliphatic carbocycles. The summed E-state index contributed by atoms with van der Waals surface area (Å²) in [5, 5.41) is 30.3. The molecule has 0 amide bonds. The number of nitriles is 1. The van der Waals surface area contributed by atoms with Gasteiger partial charge < -0.3 is 9.80 Å². The highest BCUT2D eigenvalue weighted by atomic mass is 19.4. The van der Waals surface area contributed by atoms with Crippen molar-refractivity contribution in [2.24, 2.45) is 0 Å². The summed E-state index contributed by atoms with van der Waals surface area (Å²) in [5.41, 5.74) is -0.291. The molecule has 0 N–H and O–H groups in total. The summed E-state index contributed by atoms with van der Waals surface area (Å²) in [6.07, 6.45) is -1.73. The molecule has 0 saturated carbocycles. The van der Waals surface area contributed by atoms with Crippen LogP contribution in [0.4, 0.5) is 35.9 Å². The van der Waals surface area contributed by atoms with E-state index in [1.165, 1.54) is 24.3 Å². The molecule has 0 aromatic heterocycles. The first-order valence-corrected chi connectivity index (χ1v) is 11.2. The fourth-order valence-corrected chi connectivity index (χ4v) is 3.38. The van der Waals surface area contributed by atoms with Gasteiger partial charge >= 0.3 is 6.18 Å². The lowest BCUT2D eigenvalue weighted by Gasteiger charge is -2.23. The van der Waals surface area contributed by atoms with Crippen molar-refractivity contribution in [1.82, 2.24) is 0 Å². The summed E-state index contributed by atoms with van der Waals surface area (Å²) in [6, 6.07) is 9.34. The Bertz CT molecular complexity index is 1230. The lowest BCUT2D eigenvalue weighted by molar-refractivity contribution is -0.388. The third-order valence-corrected chi connectivity index (χ3v) is 5.05. The molecule has 38 heavy (non-hydrogen) atoms. The molecule has 2 aromatic rings. The molecule has 0 heterocycles. The predicted octanol–water partition coefficient (Wildman–Crippen LogP) is 6.66. The number of benzene rings is 2. The molecule has 9 nitrogen and oxygen atoms in total. The minimum absolute atomic E-state index is 0.0812. The molecule has 0 radical (unpaired) electrons. The van der Waals surface area contributed by atoms with E-state index in [1.807, 2.05) is 24.8 Å². The number of likely N-dealkylation sites (N-methyl/N-ethyl adjacent to an activating group) is 1. The fraction of sp³-hybridized carbons (Fsp3) is 0.269. The van der Waals surface area contributed by atoms with Crippen molar-refractivity contribution in [2.75, 3.05) is 36.0 Å². The third kappa shape index (κ3) is 8.77. The van der Waals surface area contributed by atoms with E-state index in [0.717, 1.165) is 29.9 Å². The van der Waals surface area contributed by atoms with Crippen LogP contribution in [0.3, 0.4) is 0 Å². The van der Waals surface area contributed by atoms with E-state index in [2.05, 4.69) is 19.7 Å². The van der Waals surface area contributed by atoms with Crippen molar-refractivity contribution < 1.29 is 23.0 Å². The largest absolute Gasteiger partial charge is 0.423 e. The highest BCUT2D eigenvalue weighted by molar-refractivity contribution is 5.60. The SMILES string of the molecule is C=C(C)CN(CC)c1ccc([N+](=O)[O-])c(C#N)c1.C=CCN(CC=C)c1ccc([N+](=O)[O-])c(C(F)(F)F)c1. The Balaban J connectivity index is 0.000000382. The second-order valence-electron chi connectivity index (χ2n) is 7.98. The highest BCUT2D eigenvalue weighted by Gasteiger charge is 2.38. The molecule has 0 atom stereocenters. The quantitative estimate of drug-likeness (QED) is 0.181. The fourth-order valence-electron chi connectivity index (χ4n) is 3.38. The number of nitro groups is 2. The van der Waals surface area contributed by atoms with Crippen LogP contribution in [-0.2, 0) is 6.18 Å². The molecule has 2 rings (SSSR count). The van der Waals surface area contributed by atoms with Crippen LogP contribution in [-0.4, -0.2) is 36.0 Å². The number of nitro benzene ring substituents is 2. The molecule has 0 aliphatic heterocycles. The van der Waals surface area contributed by atoms with Crippen LogP contribution in [0.1, 0.15) is 25.0 Å². The van der Waals surface area contributed by atoms with Gasteiger partial charge in [0.2, 0.25) is 0 Å². The van der Waals surface area contributed by atoms with Crippen LogP contribution in [0, 0.1) is 31.6 Å². The maximum atomic E-state index is 12.9. The van der Waals surface area contributed by atoms with Crippen molar-refractivity contribution in [1.29, 1.82) is 5.26 Å². The Morgan fingerprint density at radius 2 is 1.50 bits per heavy atom. The van der Waals surface area contributed by atoms with Crippen LogP contribution >= 0.6 is 0 Å². The normalized spacial score (nSPS) is 10.3. The van der Waals surface area contributed by atoms with Gasteiger partial charge in [0.15, 0.2) is 0 Å². The first-order chi connectivity index (χ1) is 17.8. The van der Waals surface area contributed by atoms with E-state index in [9.17, 15) is 33.4 Å². The number of hydrogen-bond donors (Lipinski definition) is 0. The summed E-state index contributed by atoms with van der Waals surface area (Å²) < 4.78 is 38.6. The average molecular weight is 532 g/mol. The van der Waals surface area contributed by atoms with Gasteiger partial charge in [0.25, 0.3) is 11.4 Å². The first-order valence-electron chi connectivity index (χ1n) is 11.2. The minimum atomic E-state index is -4.79. The van der Waals surface area contributed by atoms with E-state index >= 15 is 0 Å². The van der Waals surface area contributed by atoms with Gasteiger partial charge in [0.1, 0.15) is 17.2 Å². The zero-order valence-electron chi connectivity index (χ0n) is 21.1. The summed E-state index contributed by atoms with van der Waals surface area (Å²) in [7, 11) is 0. The Labute approximate surface area is 218 Å². The maximum absolute atomic E-state index is 12.9. The van der Waals surface area contributed by atoms with Gasteiger partial charge in [-0.15, -0.1) is 13.2 Å². The van der Waals surface area contributed by atoms with Crippen LogP contribution in [0.15, 0.2) is 73.9 Å². The van der Waals surface area contributed by atoms with Crippen molar-refractivity contribution in [2.45, 2.75) is 20.0 Å². The van der Waals surface area contributed by atoms with Crippen LogP contribution < -0.4 is 9.80 Å². The Morgan fingerprint density at radius 1 is 1.00 bits per heavy atom. The molecule has 0 bridgehead atoms. The van der Waals surface area contributed by atoms with Crippen LogP contribution in [0.2, 0.25) is 0 Å². The van der Waals surface area contributed by atoms with E-state index in [4.69, 9.17) is 5.26 Å². The number of alkyl halides is 3. The third-order valence-electron chi connectivity index (χ3n) is 5.05. The second-order valence-corrected chi connectivity index (χ2v) is 7.98. The Kier molecular flexibility index (Phi) is 11.7. The predicted molar refractivity (Wildman–Crippen MR) is 141 cm³/mol. The standard InChI is InChI=1S/C13H13F3N2O2.C13H15N3O2/c1-3-7-17(8-4-2)10-5-6-12(18(19)20)11(9-10)13(14,15)16;1-4-15(9-10(2)3)12-5-6-13(16(17)18)11(7-12)8-14/h3-6,9H,1-2,7-8H2;5-7H,2,4,9H2,1,3H3. The van der Waals surface area contributed by atoms with Crippen molar-refractivity contribution in [3.8, 4) is 6.07 Å². The smallest absolute Gasteiger partial charge is 0.368 e. The van der Waals surface area contributed by atoms with Gasteiger partial charge in [-0.05, 0) is 38.1 Å². The molecule has 0 fully saturated rings. The molecular weight excluding hydrogens is 503 g/mol. The maximum Gasteiger partial charge on any atom is 0.423 e. The average Bonchev–Trinajstić information content (AvgIpc) is 2.86. The summed E-state index contributed by atoms with van der Waals surface area (Å²) in [5.74, 6) is 0. The molecule has 0 unspecified atom stereocenters. The zero-order chi connectivity index (χ0) is 29.0. The van der Waals surface area contributed by atoms with E-state index < -0.39 is 27.3 Å². The lowest BCUT2D eigenvalue weighted by Crippen LogP contribution is -2.24. The van der Waals surface area contributed by atoms with Gasteiger partial charge in [-0.3, -0.25) is 20.2 Å². The van der Waals surface area contributed by atoms with Crippen LogP contribution in [0.25, 0.3) is 0 Å². The van der Waals surface area contributed by atoms with E-state index in [-0.39, 0.29) is 16.9 Å². The van der Waals surface area contributed by atoms with Gasteiger partial charge in [0.05, 0.1) is 9.85 Å². The molecule has 0 spiro atoms. The summed E-state index contributed by atoms with van der Waals surface area (Å²) >= 11 is 0. The number of halogens is 3. The topological polar surface area (TPSA) is 117 Å².